The number of carbonyl (C=O) groups excluding carboxylic acids is 2. The lowest BCUT2D eigenvalue weighted by Crippen LogP contribution is -2.52. The van der Waals surface area contributed by atoms with Crippen molar-refractivity contribution in [2.45, 2.75) is 26.2 Å². The van der Waals surface area contributed by atoms with Gasteiger partial charge in [0.15, 0.2) is 5.76 Å². The van der Waals surface area contributed by atoms with Crippen LogP contribution in [0, 0.1) is 6.92 Å². The highest BCUT2D eigenvalue weighted by atomic mass is 16.5. The monoisotopic (exact) mass is 439 g/mol. The molecule has 1 aliphatic carbocycles. The van der Waals surface area contributed by atoms with Crippen molar-refractivity contribution < 1.29 is 18.7 Å². The van der Waals surface area contributed by atoms with Gasteiger partial charge < -0.3 is 14.1 Å². The van der Waals surface area contributed by atoms with Crippen LogP contribution in [-0.4, -0.2) is 67.8 Å². The number of benzene rings is 1. The Kier molecular flexibility index (Phi) is 6.57. The highest BCUT2D eigenvalue weighted by Gasteiger charge is 2.29. The summed E-state index contributed by atoms with van der Waals surface area (Å²) in [5.74, 6) is 1.19. The standard InChI is InChI=1S/C23H29N5O4/c1-15-20-18(24-25-22(29)16-7-9-17(31-3)10-8-16)5-4-6-19(20)32-21(15)23(30)26-28-13-11-27(2)12-14-28/h7-10H,4-6,11-14H2,1-3H3,(H,25,29)(H,26,30)/b24-18+. The van der Waals surface area contributed by atoms with Crippen molar-refractivity contribution in [3.8, 4) is 5.75 Å². The Morgan fingerprint density at radius 2 is 1.78 bits per heavy atom. The van der Waals surface area contributed by atoms with Crippen LogP contribution < -0.4 is 15.6 Å². The predicted octanol–water partition coefficient (Wildman–Crippen LogP) is 1.96. The molecule has 0 unspecified atom stereocenters. The summed E-state index contributed by atoms with van der Waals surface area (Å²) in [6, 6.07) is 6.83. The van der Waals surface area contributed by atoms with E-state index in [0.717, 1.165) is 61.6 Å². The number of aryl methyl sites for hydroxylation is 1. The van der Waals surface area contributed by atoms with Crippen molar-refractivity contribution in [3.63, 3.8) is 0 Å². The van der Waals surface area contributed by atoms with Gasteiger partial charge in [0, 0.05) is 49.3 Å². The lowest BCUT2D eigenvalue weighted by Gasteiger charge is -2.32. The Labute approximate surface area is 187 Å². The van der Waals surface area contributed by atoms with Crippen LogP contribution in [0.25, 0.3) is 0 Å². The lowest BCUT2D eigenvalue weighted by atomic mass is 9.93. The molecule has 0 saturated carbocycles. The molecule has 1 aromatic carbocycles. The first-order chi connectivity index (χ1) is 15.5. The highest BCUT2D eigenvalue weighted by molar-refractivity contribution is 6.07. The molecule has 0 atom stereocenters. The second-order valence-corrected chi connectivity index (χ2v) is 8.17. The van der Waals surface area contributed by atoms with Crippen molar-refractivity contribution in [3.05, 3.63) is 52.5 Å². The zero-order valence-electron chi connectivity index (χ0n) is 18.7. The van der Waals surface area contributed by atoms with E-state index in [-0.39, 0.29) is 11.8 Å². The second-order valence-electron chi connectivity index (χ2n) is 8.17. The van der Waals surface area contributed by atoms with Crippen molar-refractivity contribution >= 4 is 17.5 Å². The van der Waals surface area contributed by atoms with E-state index < -0.39 is 0 Å². The number of rotatable bonds is 5. The van der Waals surface area contributed by atoms with Crippen molar-refractivity contribution in [2.75, 3.05) is 40.3 Å². The zero-order chi connectivity index (χ0) is 22.7. The van der Waals surface area contributed by atoms with Crippen LogP contribution in [0.3, 0.4) is 0 Å². The van der Waals surface area contributed by atoms with Crippen LogP contribution in [0.2, 0.25) is 0 Å². The lowest BCUT2D eigenvalue weighted by molar-refractivity contribution is 0.0634. The molecule has 32 heavy (non-hydrogen) atoms. The Morgan fingerprint density at radius 1 is 1.06 bits per heavy atom. The molecule has 9 heteroatoms. The number of hydrogen-bond acceptors (Lipinski definition) is 7. The van der Waals surface area contributed by atoms with Crippen LogP contribution in [0.4, 0.5) is 0 Å². The first-order valence-electron chi connectivity index (χ1n) is 10.8. The molecular formula is C23H29N5O4. The first-order valence-corrected chi connectivity index (χ1v) is 10.8. The predicted molar refractivity (Wildman–Crippen MR) is 120 cm³/mol. The molecule has 2 aromatic rings. The van der Waals surface area contributed by atoms with Crippen molar-refractivity contribution in [2.24, 2.45) is 5.10 Å². The van der Waals surface area contributed by atoms with Crippen LogP contribution in [0.1, 0.15) is 50.6 Å². The fraction of sp³-hybridized carbons (Fsp3) is 0.435. The summed E-state index contributed by atoms with van der Waals surface area (Å²) < 4.78 is 11.1. The summed E-state index contributed by atoms with van der Waals surface area (Å²) in [6.07, 6.45) is 2.29. The molecule has 2 N–H and O–H groups in total. The van der Waals surface area contributed by atoms with Gasteiger partial charge in [-0.15, -0.1) is 0 Å². The Morgan fingerprint density at radius 3 is 2.47 bits per heavy atom. The normalized spacial score (nSPS) is 18.3. The van der Waals surface area contributed by atoms with E-state index >= 15 is 0 Å². The van der Waals surface area contributed by atoms with Crippen molar-refractivity contribution in [1.29, 1.82) is 0 Å². The minimum Gasteiger partial charge on any atom is -0.497 e. The van der Waals surface area contributed by atoms with Gasteiger partial charge in [0.25, 0.3) is 5.91 Å². The summed E-state index contributed by atoms with van der Waals surface area (Å²) in [6.45, 7) is 5.21. The molecule has 9 nitrogen and oxygen atoms in total. The molecule has 1 fully saturated rings. The number of furan rings is 1. The smallest absolute Gasteiger partial charge is 0.301 e. The van der Waals surface area contributed by atoms with Gasteiger partial charge in [0.2, 0.25) is 0 Å². The third-order valence-electron chi connectivity index (χ3n) is 5.94. The van der Waals surface area contributed by atoms with E-state index in [1.54, 1.807) is 31.4 Å². The quantitative estimate of drug-likeness (QED) is 0.691. The largest absolute Gasteiger partial charge is 0.497 e. The molecule has 170 valence electrons. The molecule has 1 aromatic heterocycles. The summed E-state index contributed by atoms with van der Waals surface area (Å²) >= 11 is 0. The van der Waals surface area contributed by atoms with Gasteiger partial charge in [-0.1, -0.05) is 0 Å². The minimum absolute atomic E-state index is 0.247. The molecule has 2 heterocycles. The molecule has 0 bridgehead atoms. The van der Waals surface area contributed by atoms with Gasteiger partial charge in [0.1, 0.15) is 11.5 Å². The molecule has 1 saturated heterocycles. The third-order valence-corrected chi connectivity index (χ3v) is 5.94. The number of nitrogens with one attached hydrogen (secondary N) is 2. The summed E-state index contributed by atoms with van der Waals surface area (Å²) in [4.78, 5) is 27.6. The van der Waals surface area contributed by atoms with Gasteiger partial charge >= 0.3 is 5.91 Å². The van der Waals surface area contributed by atoms with Gasteiger partial charge in [-0.25, -0.2) is 10.4 Å². The van der Waals surface area contributed by atoms with E-state index in [0.29, 0.717) is 23.5 Å². The Balaban J connectivity index is 1.48. The fourth-order valence-corrected chi connectivity index (χ4v) is 4.03. The molecule has 0 spiro atoms. The maximum atomic E-state index is 12.9. The third kappa shape index (κ3) is 4.68. The van der Waals surface area contributed by atoms with Crippen molar-refractivity contribution in [1.82, 2.24) is 20.8 Å². The number of hydrazone groups is 1. The molecule has 1 aliphatic heterocycles. The van der Waals surface area contributed by atoms with E-state index in [1.165, 1.54) is 0 Å². The first kappa shape index (κ1) is 22.0. The van der Waals surface area contributed by atoms with E-state index in [9.17, 15) is 9.59 Å². The average molecular weight is 440 g/mol. The number of amides is 2. The maximum Gasteiger partial charge on any atom is 0.301 e. The van der Waals surface area contributed by atoms with Crippen LogP contribution >= 0.6 is 0 Å². The number of ether oxygens (including phenoxy) is 1. The fourth-order valence-electron chi connectivity index (χ4n) is 4.03. The number of fused-ring (bicyclic) bond motifs is 1. The van der Waals surface area contributed by atoms with E-state index in [4.69, 9.17) is 9.15 Å². The highest BCUT2D eigenvalue weighted by Crippen LogP contribution is 2.30. The van der Waals surface area contributed by atoms with Gasteiger partial charge in [-0.05, 0) is 51.1 Å². The average Bonchev–Trinajstić information content (AvgIpc) is 3.16. The number of hydrogen-bond donors (Lipinski definition) is 2. The number of hydrazine groups is 1. The number of nitrogens with zero attached hydrogens (tertiary/aromatic N) is 3. The summed E-state index contributed by atoms with van der Waals surface area (Å²) in [7, 11) is 3.65. The number of piperazine rings is 1. The van der Waals surface area contributed by atoms with Gasteiger partial charge in [-0.3, -0.25) is 15.0 Å². The van der Waals surface area contributed by atoms with E-state index in [2.05, 4.69) is 27.9 Å². The summed E-state index contributed by atoms with van der Waals surface area (Å²) in [5.41, 5.74) is 8.39. The zero-order valence-corrected chi connectivity index (χ0v) is 18.7. The maximum absolute atomic E-state index is 12.9. The Hall–Kier alpha value is -3.17. The molecular weight excluding hydrogens is 410 g/mol. The number of likely N-dealkylation sites (N-methyl/N-ethyl adjacent to an activating group) is 1. The van der Waals surface area contributed by atoms with Crippen LogP contribution in [-0.2, 0) is 6.42 Å². The van der Waals surface area contributed by atoms with Gasteiger partial charge in [-0.2, -0.15) is 5.10 Å². The minimum atomic E-state index is -0.304. The van der Waals surface area contributed by atoms with Gasteiger partial charge in [0.05, 0.1) is 12.8 Å². The Bertz CT molecular complexity index is 1020. The topological polar surface area (TPSA) is 99.4 Å². The SMILES string of the molecule is COc1ccc(C(=O)N/N=C2\CCCc3oc(C(=O)NN4CCN(C)CC4)c(C)c32)cc1. The van der Waals surface area contributed by atoms with E-state index in [1.807, 2.05) is 11.9 Å². The summed E-state index contributed by atoms with van der Waals surface area (Å²) in [5, 5.41) is 6.30. The van der Waals surface area contributed by atoms with Crippen LogP contribution in [0.15, 0.2) is 33.8 Å². The molecule has 2 aliphatic rings. The number of carbonyl (C=O) groups is 2. The number of methoxy groups -OCH3 is 1. The molecule has 0 radical (unpaired) electrons. The van der Waals surface area contributed by atoms with Crippen LogP contribution in [0.5, 0.6) is 5.75 Å². The molecule has 4 rings (SSSR count). The second kappa shape index (κ2) is 9.54. The molecule has 2 amide bonds.